The zero-order valence-electron chi connectivity index (χ0n) is 17.4. The van der Waals surface area contributed by atoms with Gasteiger partial charge in [-0.05, 0) is 55.2 Å². The van der Waals surface area contributed by atoms with Gasteiger partial charge in [-0.1, -0.05) is 29.8 Å². The second-order valence-electron chi connectivity index (χ2n) is 7.17. The summed E-state index contributed by atoms with van der Waals surface area (Å²) in [7, 11) is 3.43. The van der Waals surface area contributed by atoms with Crippen LogP contribution in [-0.2, 0) is 24.6 Å². The van der Waals surface area contributed by atoms with E-state index >= 15 is 0 Å². The van der Waals surface area contributed by atoms with Crippen molar-refractivity contribution in [3.05, 3.63) is 76.4 Å². The lowest BCUT2D eigenvalue weighted by Crippen LogP contribution is -2.19. The Bertz CT molecular complexity index is 1000. The van der Waals surface area contributed by atoms with Gasteiger partial charge < -0.3 is 14.8 Å². The fourth-order valence-electron chi connectivity index (χ4n) is 3.16. The number of nitrogens with one attached hydrogen (secondary N) is 1. The molecule has 0 bridgehead atoms. The summed E-state index contributed by atoms with van der Waals surface area (Å²) in [6.45, 7) is 2.38. The van der Waals surface area contributed by atoms with Crippen molar-refractivity contribution >= 4 is 23.3 Å². The first-order valence-electron chi connectivity index (χ1n) is 9.78. The molecule has 6 nitrogen and oxygen atoms in total. The summed E-state index contributed by atoms with van der Waals surface area (Å²) in [5.41, 5.74) is 2.57. The smallest absolute Gasteiger partial charge is 0.257 e. The Labute approximate surface area is 181 Å². The third kappa shape index (κ3) is 6.08. The summed E-state index contributed by atoms with van der Waals surface area (Å²) in [5, 5.41) is 7.77. The van der Waals surface area contributed by atoms with E-state index in [9.17, 15) is 4.79 Å². The molecule has 0 radical (unpaired) electrons. The van der Waals surface area contributed by atoms with Crippen molar-refractivity contribution in [2.45, 2.75) is 25.9 Å². The van der Waals surface area contributed by atoms with Gasteiger partial charge in [-0.3, -0.25) is 9.48 Å². The highest BCUT2D eigenvalue weighted by molar-refractivity contribution is 6.31. The summed E-state index contributed by atoms with van der Waals surface area (Å²) >= 11 is 6.29. The molecule has 0 spiro atoms. The van der Waals surface area contributed by atoms with Gasteiger partial charge in [0.2, 0.25) is 0 Å². The van der Waals surface area contributed by atoms with Crippen molar-refractivity contribution in [3.8, 4) is 5.75 Å². The molecule has 1 N–H and O–H groups in total. The summed E-state index contributed by atoms with van der Waals surface area (Å²) in [4.78, 5) is 12.8. The van der Waals surface area contributed by atoms with E-state index in [0.717, 1.165) is 29.0 Å². The first-order chi connectivity index (χ1) is 14.4. The van der Waals surface area contributed by atoms with Crippen molar-refractivity contribution < 1.29 is 14.3 Å². The number of amides is 1. The number of halogens is 1. The van der Waals surface area contributed by atoms with Gasteiger partial charge >= 0.3 is 0 Å². The molecular weight excluding hydrogens is 402 g/mol. The first-order valence-corrected chi connectivity index (χ1v) is 10.2. The van der Waals surface area contributed by atoms with Crippen LogP contribution in [0.3, 0.4) is 0 Å². The van der Waals surface area contributed by atoms with Crippen LogP contribution < -0.4 is 10.1 Å². The first kappa shape index (κ1) is 21.9. The molecule has 7 heteroatoms. The summed E-state index contributed by atoms with van der Waals surface area (Å²) in [6.07, 6.45) is 3.12. The highest BCUT2D eigenvalue weighted by Crippen LogP contribution is 2.23. The van der Waals surface area contributed by atoms with Crippen molar-refractivity contribution in [1.29, 1.82) is 0 Å². The number of methoxy groups -OCH3 is 1. The van der Waals surface area contributed by atoms with Gasteiger partial charge in [-0.2, -0.15) is 5.10 Å². The fraction of sp³-hybridized carbons (Fsp3) is 0.304. The minimum absolute atomic E-state index is 0.138. The van der Waals surface area contributed by atoms with Gasteiger partial charge in [0.25, 0.3) is 5.91 Å². The Hall–Kier alpha value is -2.83. The standard InChI is InChI=1S/C23H26ClN3O3/c1-16(15-29-3)30-20-13-17(8-9-18-6-4-5-7-21(18)24)12-19(14-20)23(28)25-22-10-11-27(2)26-22/h4-7,10-14,16H,8-9,15H2,1-3H3,(H,25,26,28)/t16-/m0/s1. The van der Waals surface area contributed by atoms with Crippen molar-refractivity contribution in [2.75, 3.05) is 19.0 Å². The maximum absolute atomic E-state index is 12.8. The lowest BCUT2D eigenvalue weighted by molar-refractivity contribution is 0.0916. The molecule has 1 heterocycles. The molecule has 1 amide bonds. The van der Waals surface area contributed by atoms with Crippen LogP contribution in [0, 0.1) is 0 Å². The van der Waals surface area contributed by atoms with Crippen LogP contribution in [0.15, 0.2) is 54.7 Å². The number of rotatable bonds is 9. The summed E-state index contributed by atoms with van der Waals surface area (Å²) in [6, 6.07) is 15.1. The lowest BCUT2D eigenvalue weighted by Gasteiger charge is -2.16. The Kier molecular flexibility index (Phi) is 7.49. The highest BCUT2D eigenvalue weighted by atomic mass is 35.5. The second-order valence-corrected chi connectivity index (χ2v) is 7.58. The van der Waals surface area contributed by atoms with Crippen LogP contribution in [0.25, 0.3) is 0 Å². The third-order valence-corrected chi connectivity index (χ3v) is 4.93. The molecule has 0 aliphatic carbocycles. The third-order valence-electron chi connectivity index (χ3n) is 4.56. The maximum atomic E-state index is 12.8. The van der Waals surface area contributed by atoms with E-state index in [-0.39, 0.29) is 12.0 Å². The van der Waals surface area contributed by atoms with E-state index in [0.29, 0.717) is 23.7 Å². The SMILES string of the molecule is COC[C@H](C)Oc1cc(CCc2ccccc2Cl)cc(C(=O)Nc2ccn(C)n2)c1. The monoisotopic (exact) mass is 427 g/mol. The summed E-state index contributed by atoms with van der Waals surface area (Å²) < 4.78 is 12.8. The quantitative estimate of drug-likeness (QED) is 0.545. The normalized spacial score (nSPS) is 11.9. The van der Waals surface area contributed by atoms with Crippen molar-refractivity contribution in [1.82, 2.24) is 9.78 Å². The average Bonchev–Trinajstić information content (AvgIpc) is 3.12. The number of benzene rings is 2. The minimum Gasteiger partial charge on any atom is -0.488 e. The molecule has 0 unspecified atom stereocenters. The maximum Gasteiger partial charge on any atom is 0.257 e. The lowest BCUT2D eigenvalue weighted by atomic mass is 10.0. The number of carbonyl (C=O) groups excluding carboxylic acids is 1. The molecule has 3 aromatic rings. The molecule has 1 atom stereocenters. The van der Waals surface area contributed by atoms with E-state index in [1.165, 1.54) is 0 Å². The Morgan fingerprint density at radius 2 is 2.00 bits per heavy atom. The number of anilines is 1. The predicted octanol–water partition coefficient (Wildman–Crippen LogP) is 4.52. The molecule has 158 valence electrons. The topological polar surface area (TPSA) is 65.4 Å². The van der Waals surface area contributed by atoms with Gasteiger partial charge in [0, 0.05) is 37.0 Å². The molecule has 30 heavy (non-hydrogen) atoms. The Morgan fingerprint density at radius 3 is 2.70 bits per heavy atom. The zero-order chi connectivity index (χ0) is 21.5. The average molecular weight is 428 g/mol. The van der Waals surface area contributed by atoms with Crippen molar-refractivity contribution in [3.63, 3.8) is 0 Å². The van der Waals surface area contributed by atoms with Crippen LogP contribution in [0.2, 0.25) is 5.02 Å². The van der Waals surface area contributed by atoms with Gasteiger partial charge in [-0.15, -0.1) is 0 Å². The second kappa shape index (κ2) is 10.3. The number of nitrogens with zero attached hydrogens (tertiary/aromatic N) is 2. The van der Waals surface area contributed by atoms with Crippen LogP contribution in [-0.4, -0.2) is 35.5 Å². The molecule has 3 rings (SSSR count). The Morgan fingerprint density at radius 1 is 1.20 bits per heavy atom. The van der Waals surface area contributed by atoms with E-state index in [4.69, 9.17) is 21.1 Å². The van der Waals surface area contributed by atoms with E-state index in [1.807, 2.05) is 43.3 Å². The molecule has 1 aromatic heterocycles. The summed E-state index contributed by atoms with van der Waals surface area (Å²) in [5.74, 6) is 0.888. The van der Waals surface area contributed by atoms with Crippen LogP contribution in [0.4, 0.5) is 5.82 Å². The Balaban J connectivity index is 1.81. The van der Waals surface area contributed by atoms with Crippen LogP contribution in [0.1, 0.15) is 28.4 Å². The number of carbonyl (C=O) groups is 1. The largest absolute Gasteiger partial charge is 0.488 e. The molecule has 0 saturated carbocycles. The number of hydrogen-bond donors (Lipinski definition) is 1. The number of aryl methyl sites for hydroxylation is 3. The van der Waals surface area contributed by atoms with Gasteiger partial charge in [-0.25, -0.2) is 0 Å². The number of aromatic nitrogens is 2. The van der Waals surface area contributed by atoms with Crippen molar-refractivity contribution in [2.24, 2.45) is 7.05 Å². The predicted molar refractivity (Wildman–Crippen MR) is 118 cm³/mol. The van der Waals surface area contributed by atoms with Crippen LogP contribution in [0.5, 0.6) is 5.75 Å². The molecule has 0 aliphatic rings. The molecule has 0 fully saturated rings. The molecular formula is C23H26ClN3O3. The van der Waals surface area contributed by atoms with Gasteiger partial charge in [0.15, 0.2) is 5.82 Å². The van der Waals surface area contributed by atoms with Gasteiger partial charge in [0.1, 0.15) is 11.9 Å². The minimum atomic E-state index is -0.238. The zero-order valence-corrected chi connectivity index (χ0v) is 18.1. The van der Waals surface area contributed by atoms with E-state index in [1.54, 1.807) is 37.2 Å². The molecule has 0 aliphatic heterocycles. The molecule has 0 saturated heterocycles. The number of ether oxygens (including phenoxy) is 2. The fourth-order valence-corrected chi connectivity index (χ4v) is 3.39. The van der Waals surface area contributed by atoms with E-state index in [2.05, 4.69) is 10.4 Å². The highest BCUT2D eigenvalue weighted by Gasteiger charge is 2.13. The van der Waals surface area contributed by atoms with E-state index < -0.39 is 0 Å². The number of hydrogen-bond acceptors (Lipinski definition) is 4. The van der Waals surface area contributed by atoms with Crippen LogP contribution >= 0.6 is 11.6 Å². The molecule has 2 aromatic carbocycles. The van der Waals surface area contributed by atoms with Gasteiger partial charge in [0.05, 0.1) is 6.61 Å².